The lowest BCUT2D eigenvalue weighted by Gasteiger charge is -2.09. The Labute approximate surface area is 79.6 Å². The molecule has 0 fully saturated rings. The molecule has 0 bridgehead atoms. The molecule has 0 aromatic rings. The number of hydrogen-bond donors (Lipinski definition) is 0. The molecule has 0 amide bonds. The lowest BCUT2D eigenvalue weighted by Crippen LogP contribution is -2.10. The van der Waals surface area contributed by atoms with E-state index in [4.69, 9.17) is 11.6 Å². The van der Waals surface area contributed by atoms with E-state index in [0.717, 1.165) is 0 Å². The number of halogens is 3. The van der Waals surface area contributed by atoms with Gasteiger partial charge in [0.2, 0.25) is 0 Å². The zero-order valence-electron chi connectivity index (χ0n) is 3.95. The number of carbonyl (C=O) groups is 1. The molecule has 0 aliphatic heterocycles. The van der Waals surface area contributed by atoms with Gasteiger partial charge in [-0.3, -0.25) is 4.79 Å². The molecule has 0 aromatic carbocycles. The first kappa shape index (κ1) is 9.22. The fraction of sp³-hybridized carbons (Fsp3) is 0.667. The fourth-order valence-electron chi connectivity index (χ4n) is 0.163. The normalized spacial score (nSPS) is 11.0. The first-order valence-electron chi connectivity index (χ1n) is 1.68. The van der Waals surface area contributed by atoms with Gasteiger partial charge in [-0.05, 0) is 45.2 Å². The summed E-state index contributed by atoms with van der Waals surface area (Å²) in [6, 6.07) is 0. The molecule has 0 heterocycles. The van der Waals surface area contributed by atoms with Gasteiger partial charge in [-0.2, -0.15) is 0 Å². The van der Waals surface area contributed by atoms with E-state index in [9.17, 15) is 4.79 Å². The Morgan fingerprint density at radius 3 is 2.12 bits per heavy atom. The Kier molecular flexibility index (Phi) is 3.92. The average molecular weight is 360 g/mol. The van der Waals surface area contributed by atoms with Gasteiger partial charge in [0.15, 0.2) is 0 Å². The number of esters is 1. The second-order valence-corrected chi connectivity index (χ2v) is 7.95. The van der Waals surface area contributed by atoms with Crippen molar-refractivity contribution in [1.82, 2.24) is 0 Å². The van der Waals surface area contributed by atoms with Gasteiger partial charge in [0.25, 0.3) is 1.07 Å². The third-order valence-electron chi connectivity index (χ3n) is 0.259. The van der Waals surface area contributed by atoms with Crippen molar-refractivity contribution in [3.8, 4) is 0 Å². The molecule has 0 aliphatic carbocycles. The van der Waals surface area contributed by atoms with Gasteiger partial charge in [-0.15, -0.1) is 0 Å². The third kappa shape index (κ3) is 7.22. The highest BCUT2D eigenvalue weighted by Gasteiger charge is 2.20. The van der Waals surface area contributed by atoms with Crippen molar-refractivity contribution in [3.63, 3.8) is 0 Å². The molecule has 5 heteroatoms. The highest BCUT2D eigenvalue weighted by atomic mass is 127. The molecule has 0 rings (SSSR count). The van der Waals surface area contributed by atoms with Crippen LogP contribution in [0.4, 0.5) is 0 Å². The van der Waals surface area contributed by atoms with Crippen LogP contribution >= 0.6 is 56.8 Å². The van der Waals surface area contributed by atoms with Gasteiger partial charge >= 0.3 is 5.97 Å². The van der Waals surface area contributed by atoms with E-state index < -0.39 is 1.07 Å². The van der Waals surface area contributed by atoms with Crippen LogP contribution in [0.15, 0.2) is 0 Å². The SMILES string of the molecule is CC(=O)OC(Cl)(I)I. The summed E-state index contributed by atoms with van der Waals surface area (Å²) < 4.78 is 3.62. The zero-order chi connectivity index (χ0) is 6.78. The van der Waals surface area contributed by atoms with Crippen LogP contribution in [0.1, 0.15) is 6.92 Å². The smallest absolute Gasteiger partial charge is 0.305 e. The molecule has 48 valence electrons. The van der Waals surface area contributed by atoms with Crippen LogP contribution in [0.5, 0.6) is 0 Å². The standard InChI is InChI=1S/C3H3ClI2O2/c1-2(7)8-3(4,5)6/h1H3. The van der Waals surface area contributed by atoms with Gasteiger partial charge in [0.05, 0.1) is 0 Å². The van der Waals surface area contributed by atoms with Crippen molar-refractivity contribution in [2.75, 3.05) is 0 Å². The summed E-state index contributed by atoms with van der Waals surface area (Å²) in [7, 11) is 0. The molecule has 0 radical (unpaired) electrons. The molecule has 0 spiro atoms. The predicted molar refractivity (Wildman–Crippen MR) is 48.4 cm³/mol. The van der Waals surface area contributed by atoms with Crippen molar-refractivity contribution < 1.29 is 9.53 Å². The minimum Gasteiger partial charge on any atom is -0.425 e. The minimum absolute atomic E-state index is 0.371. The summed E-state index contributed by atoms with van der Waals surface area (Å²) >= 11 is 9.06. The number of rotatable bonds is 1. The molecule has 8 heavy (non-hydrogen) atoms. The minimum atomic E-state index is -0.915. The lowest BCUT2D eigenvalue weighted by atomic mass is 10.8. The van der Waals surface area contributed by atoms with Crippen molar-refractivity contribution in [3.05, 3.63) is 0 Å². The van der Waals surface area contributed by atoms with Gasteiger partial charge in [0, 0.05) is 6.92 Å². The maximum absolute atomic E-state index is 10.1. The first-order chi connectivity index (χ1) is 3.42. The highest BCUT2D eigenvalue weighted by Crippen LogP contribution is 2.33. The van der Waals surface area contributed by atoms with Crippen LogP contribution in [0.25, 0.3) is 0 Å². The van der Waals surface area contributed by atoms with Crippen LogP contribution in [0.3, 0.4) is 0 Å². The molecule has 2 nitrogen and oxygen atoms in total. The largest absolute Gasteiger partial charge is 0.425 e. The Bertz CT molecular complexity index is 97.9. The second kappa shape index (κ2) is 3.40. The first-order valence-corrected chi connectivity index (χ1v) is 4.21. The molecule has 0 saturated carbocycles. The topological polar surface area (TPSA) is 26.3 Å². The highest BCUT2D eigenvalue weighted by molar-refractivity contribution is 14.2. The zero-order valence-corrected chi connectivity index (χ0v) is 9.02. The van der Waals surface area contributed by atoms with Gasteiger partial charge in [0.1, 0.15) is 0 Å². The predicted octanol–water partition coefficient (Wildman–Crippen LogP) is 2.27. The molecule has 0 atom stereocenters. The average Bonchev–Trinajstić information content (AvgIpc) is 1.21. The van der Waals surface area contributed by atoms with Crippen molar-refractivity contribution in [1.29, 1.82) is 0 Å². The Morgan fingerprint density at radius 1 is 1.75 bits per heavy atom. The van der Waals surface area contributed by atoms with Crippen LogP contribution in [0, 0.1) is 0 Å². The van der Waals surface area contributed by atoms with Gasteiger partial charge in [-0.25, -0.2) is 0 Å². The summed E-state index contributed by atoms with van der Waals surface area (Å²) in [6.45, 7) is 1.31. The third-order valence-corrected chi connectivity index (χ3v) is 0.777. The van der Waals surface area contributed by atoms with E-state index in [1.165, 1.54) is 6.92 Å². The molecule has 0 aromatic heterocycles. The number of carbonyl (C=O) groups excluding carboxylic acids is 1. The van der Waals surface area contributed by atoms with E-state index in [1.54, 1.807) is 45.2 Å². The van der Waals surface area contributed by atoms with Crippen molar-refractivity contribution in [2.24, 2.45) is 0 Å². The van der Waals surface area contributed by atoms with Gasteiger partial charge in [-0.1, -0.05) is 11.6 Å². The molecule has 0 saturated heterocycles. The maximum atomic E-state index is 10.1. The molecule has 0 unspecified atom stereocenters. The van der Waals surface area contributed by atoms with E-state index in [0.29, 0.717) is 0 Å². The summed E-state index contributed by atoms with van der Waals surface area (Å²) in [5, 5.41) is 0. The maximum Gasteiger partial charge on any atom is 0.305 e. The van der Waals surface area contributed by atoms with E-state index in [-0.39, 0.29) is 5.97 Å². The van der Waals surface area contributed by atoms with E-state index in [2.05, 4.69) is 4.74 Å². The number of ether oxygens (including phenoxy) is 1. The quantitative estimate of drug-likeness (QED) is 0.407. The van der Waals surface area contributed by atoms with Crippen molar-refractivity contribution in [2.45, 2.75) is 8.00 Å². The summed E-state index contributed by atoms with van der Waals surface area (Å²) in [6.07, 6.45) is 0. The van der Waals surface area contributed by atoms with Crippen LogP contribution in [-0.4, -0.2) is 7.04 Å². The summed E-state index contributed by atoms with van der Waals surface area (Å²) in [5.41, 5.74) is 0. The van der Waals surface area contributed by atoms with E-state index in [1.807, 2.05) is 0 Å². The van der Waals surface area contributed by atoms with E-state index >= 15 is 0 Å². The molecule has 0 N–H and O–H groups in total. The molecule has 0 aliphatic rings. The van der Waals surface area contributed by atoms with Crippen LogP contribution in [-0.2, 0) is 9.53 Å². The Hall–Kier alpha value is 1.22. The lowest BCUT2D eigenvalue weighted by molar-refractivity contribution is -0.140. The molecular weight excluding hydrogens is 357 g/mol. The summed E-state index contributed by atoms with van der Waals surface area (Å²) in [5.74, 6) is -0.371. The number of alkyl halides is 3. The van der Waals surface area contributed by atoms with Crippen molar-refractivity contribution >= 4 is 62.8 Å². The van der Waals surface area contributed by atoms with Gasteiger partial charge < -0.3 is 4.74 Å². The molecular formula is C3H3ClI2O2. The van der Waals surface area contributed by atoms with Crippen LogP contribution in [0.2, 0.25) is 0 Å². The second-order valence-electron chi connectivity index (χ2n) is 1.04. The number of hydrogen-bond acceptors (Lipinski definition) is 2. The summed E-state index contributed by atoms with van der Waals surface area (Å²) in [4.78, 5) is 10.1. The fourth-order valence-corrected chi connectivity index (χ4v) is 0.892. The monoisotopic (exact) mass is 360 g/mol. The van der Waals surface area contributed by atoms with Crippen LogP contribution < -0.4 is 0 Å². The Morgan fingerprint density at radius 2 is 2.12 bits per heavy atom. The Balaban J connectivity index is 3.55.